The summed E-state index contributed by atoms with van der Waals surface area (Å²) in [5.74, 6) is -0.594. The number of ether oxygens (including phenoxy) is 1. The number of hydrogen-bond acceptors (Lipinski definition) is 4. The van der Waals surface area contributed by atoms with Gasteiger partial charge in [0.15, 0.2) is 0 Å². The van der Waals surface area contributed by atoms with E-state index in [0.29, 0.717) is 16.9 Å². The number of nitrogens with one attached hydrogen (secondary N) is 1. The Morgan fingerprint density at radius 1 is 1.00 bits per heavy atom. The highest BCUT2D eigenvalue weighted by Gasteiger charge is 2.27. The molecule has 0 fully saturated rings. The van der Waals surface area contributed by atoms with E-state index in [1.807, 2.05) is 6.07 Å². The summed E-state index contributed by atoms with van der Waals surface area (Å²) in [4.78, 5) is 27.6. The summed E-state index contributed by atoms with van der Waals surface area (Å²) in [7, 11) is 0. The van der Waals surface area contributed by atoms with Crippen LogP contribution in [0.3, 0.4) is 0 Å². The van der Waals surface area contributed by atoms with Gasteiger partial charge in [-0.1, -0.05) is 30.3 Å². The number of Topliss-reactive ketones (excluding diaryl/α,β-unsaturated/α-hetero) is 1. The van der Waals surface area contributed by atoms with E-state index in [-0.39, 0.29) is 11.7 Å². The molecule has 1 amide bonds. The van der Waals surface area contributed by atoms with E-state index in [4.69, 9.17) is 4.74 Å². The number of carbonyl (C=O) groups excluding carboxylic acids is 2. The van der Waals surface area contributed by atoms with Crippen molar-refractivity contribution in [3.05, 3.63) is 60.2 Å². The lowest BCUT2D eigenvalue weighted by molar-refractivity contribution is 0.104. The zero-order valence-corrected chi connectivity index (χ0v) is 10.4. The third-order valence-corrected chi connectivity index (χ3v) is 2.77. The normalized spacial score (nSPS) is 12.6. The van der Waals surface area contributed by atoms with Gasteiger partial charge < -0.3 is 4.74 Å². The quantitative estimate of drug-likeness (QED) is 0.862. The lowest BCUT2D eigenvalue weighted by Crippen LogP contribution is -2.22. The summed E-state index contributed by atoms with van der Waals surface area (Å²) in [5, 5.41) is 2.52. The van der Waals surface area contributed by atoms with Crippen LogP contribution in [0.1, 0.15) is 10.4 Å². The van der Waals surface area contributed by atoms with Crippen molar-refractivity contribution in [3.63, 3.8) is 0 Å². The van der Waals surface area contributed by atoms with Gasteiger partial charge >= 0.3 is 6.09 Å². The maximum atomic E-state index is 11.9. The molecule has 5 heteroatoms. The second-order valence-electron chi connectivity index (χ2n) is 4.14. The summed E-state index contributed by atoms with van der Waals surface area (Å²) in [6.07, 6.45) is -0.740. The molecular weight excluding hydrogens is 256 g/mol. The van der Waals surface area contributed by atoms with Crippen LogP contribution in [-0.2, 0) is 4.74 Å². The van der Waals surface area contributed by atoms with Crippen LogP contribution in [0.4, 0.5) is 16.2 Å². The molecule has 0 aliphatic carbocycles. The van der Waals surface area contributed by atoms with E-state index in [0.717, 1.165) is 0 Å². The number of nitrogens with zero attached hydrogens (tertiary/aromatic N) is 1. The fourth-order valence-electron chi connectivity index (χ4n) is 1.86. The van der Waals surface area contributed by atoms with Crippen molar-refractivity contribution in [2.45, 2.75) is 0 Å². The molecule has 0 atom stereocenters. The first-order valence-corrected chi connectivity index (χ1v) is 6.00. The third-order valence-electron chi connectivity index (χ3n) is 2.77. The van der Waals surface area contributed by atoms with Crippen molar-refractivity contribution >= 4 is 29.1 Å². The molecule has 1 aliphatic heterocycles. The molecule has 1 aliphatic rings. The molecule has 98 valence electrons. The molecule has 0 saturated heterocycles. The predicted molar refractivity (Wildman–Crippen MR) is 74.4 cm³/mol. The number of para-hydroxylation sites is 2. The zero-order valence-electron chi connectivity index (χ0n) is 10.4. The summed E-state index contributed by atoms with van der Waals surface area (Å²) in [6, 6.07) is 15.7. The van der Waals surface area contributed by atoms with Crippen LogP contribution < -0.4 is 5.32 Å². The minimum absolute atomic E-state index is 0.209. The molecule has 0 unspecified atom stereocenters. The molecule has 0 radical (unpaired) electrons. The minimum atomic E-state index is -0.740. The van der Waals surface area contributed by atoms with Crippen LogP contribution in [0.25, 0.3) is 0 Å². The fourth-order valence-corrected chi connectivity index (χ4v) is 1.86. The van der Waals surface area contributed by atoms with Gasteiger partial charge in [0.2, 0.25) is 5.78 Å². The van der Waals surface area contributed by atoms with Crippen molar-refractivity contribution in [2.75, 3.05) is 5.32 Å². The first-order chi connectivity index (χ1) is 9.74. The van der Waals surface area contributed by atoms with Crippen LogP contribution in [0.15, 0.2) is 59.6 Å². The Bertz CT molecular complexity index is 708. The number of anilines is 1. The Balaban J connectivity index is 1.71. The predicted octanol–water partition coefficient (Wildman–Crippen LogP) is 3.16. The SMILES string of the molecule is O=C(Nc1ccccc1)OC1=Nc2ccccc2C1=O. The van der Waals surface area contributed by atoms with Crippen molar-refractivity contribution in [3.8, 4) is 0 Å². The Kier molecular flexibility index (Phi) is 3.01. The van der Waals surface area contributed by atoms with Gasteiger partial charge in [0.05, 0.1) is 11.3 Å². The van der Waals surface area contributed by atoms with Gasteiger partial charge in [-0.2, -0.15) is 0 Å². The lowest BCUT2D eigenvalue weighted by atomic mass is 10.1. The number of carbonyl (C=O) groups is 2. The topological polar surface area (TPSA) is 67.8 Å². The highest BCUT2D eigenvalue weighted by Crippen LogP contribution is 2.26. The maximum Gasteiger partial charge on any atom is 0.418 e. The number of hydrogen-bond donors (Lipinski definition) is 1. The number of amides is 1. The van der Waals surface area contributed by atoms with Crippen molar-refractivity contribution in [1.82, 2.24) is 0 Å². The van der Waals surface area contributed by atoms with Crippen LogP contribution in [0, 0.1) is 0 Å². The number of rotatable bonds is 1. The Labute approximate surface area is 114 Å². The van der Waals surface area contributed by atoms with Gasteiger partial charge in [-0.25, -0.2) is 9.79 Å². The van der Waals surface area contributed by atoms with Gasteiger partial charge in [-0.05, 0) is 24.3 Å². The van der Waals surface area contributed by atoms with Gasteiger partial charge in [0, 0.05) is 5.69 Å². The van der Waals surface area contributed by atoms with Crippen LogP contribution in [-0.4, -0.2) is 17.8 Å². The molecule has 2 aromatic carbocycles. The van der Waals surface area contributed by atoms with Gasteiger partial charge in [-0.15, -0.1) is 0 Å². The zero-order chi connectivity index (χ0) is 13.9. The molecule has 2 aromatic rings. The van der Waals surface area contributed by atoms with Crippen LogP contribution in [0.2, 0.25) is 0 Å². The van der Waals surface area contributed by atoms with Gasteiger partial charge in [-0.3, -0.25) is 10.1 Å². The fraction of sp³-hybridized carbons (Fsp3) is 0. The summed E-state index contributed by atoms with van der Waals surface area (Å²) in [5.41, 5.74) is 1.54. The average molecular weight is 266 g/mol. The third kappa shape index (κ3) is 2.29. The number of aliphatic imine (C=N–C) groups is 1. The van der Waals surface area contributed by atoms with Crippen molar-refractivity contribution < 1.29 is 14.3 Å². The smallest absolute Gasteiger partial charge is 0.387 e. The monoisotopic (exact) mass is 266 g/mol. The van der Waals surface area contributed by atoms with E-state index >= 15 is 0 Å². The molecule has 0 spiro atoms. The second-order valence-corrected chi connectivity index (χ2v) is 4.14. The Morgan fingerprint density at radius 2 is 1.70 bits per heavy atom. The standard InChI is InChI=1S/C15H10N2O3/c18-13-11-8-4-5-9-12(11)17-14(13)20-15(19)16-10-6-2-1-3-7-10/h1-9H,(H,16,19). The lowest BCUT2D eigenvalue weighted by Gasteiger charge is -2.04. The highest BCUT2D eigenvalue weighted by molar-refractivity contribution is 6.48. The largest absolute Gasteiger partial charge is 0.418 e. The summed E-state index contributed by atoms with van der Waals surface area (Å²) in [6.45, 7) is 0. The summed E-state index contributed by atoms with van der Waals surface area (Å²) < 4.78 is 4.96. The molecule has 3 rings (SSSR count). The number of ketones is 1. The maximum absolute atomic E-state index is 11.9. The van der Waals surface area contributed by atoms with Crippen molar-refractivity contribution in [1.29, 1.82) is 0 Å². The Morgan fingerprint density at radius 3 is 2.45 bits per heavy atom. The first-order valence-electron chi connectivity index (χ1n) is 6.00. The molecule has 0 aromatic heterocycles. The molecular formula is C15H10N2O3. The van der Waals surface area contributed by atoms with Crippen LogP contribution in [0.5, 0.6) is 0 Å². The first kappa shape index (κ1) is 12.1. The number of benzene rings is 2. The molecule has 20 heavy (non-hydrogen) atoms. The van der Waals surface area contributed by atoms with E-state index in [1.165, 1.54) is 0 Å². The van der Waals surface area contributed by atoms with Gasteiger partial charge in [0.25, 0.3) is 5.90 Å². The molecule has 0 bridgehead atoms. The van der Waals surface area contributed by atoms with Crippen LogP contribution >= 0.6 is 0 Å². The van der Waals surface area contributed by atoms with Crippen molar-refractivity contribution in [2.24, 2.45) is 4.99 Å². The molecule has 1 N–H and O–H groups in total. The van der Waals surface area contributed by atoms with E-state index in [9.17, 15) is 9.59 Å². The van der Waals surface area contributed by atoms with Gasteiger partial charge in [0.1, 0.15) is 0 Å². The average Bonchev–Trinajstić information content (AvgIpc) is 2.77. The molecule has 1 heterocycles. The summed E-state index contributed by atoms with van der Waals surface area (Å²) >= 11 is 0. The van der Waals surface area contributed by atoms with E-state index < -0.39 is 6.09 Å². The minimum Gasteiger partial charge on any atom is -0.387 e. The number of fused-ring (bicyclic) bond motifs is 1. The van der Waals surface area contributed by atoms with E-state index in [2.05, 4.69) is 10.3 Å². The molecule has 0 saturated carbocycles. The molecule has 5 nitrogen and oxygen atoms in total. The Hall–Kier alpha value is -2.95. The highest BCUT2D eigenvalue weighted by atomic mass is 16.6. The van der Waals surface area contributed by atoms with E-state index in [1.54, 1.807) is 48.5 Å². The second kappa shape index (κ2) is 4.97.